The largest absolute Gasteiger partial charge is 0.444 e. The normalized spacial score (nSPS) is 25.4. The van der Waals surface area contributed by atoms with Crippen molar-refractivity contribution in [2.75, 3.05) is 13.1 Å². The van der Waals surface area contributed by atoms with E-state index in [1.807, 2.05) is 20.8 Å². The van der Waals surface area contributed by atoms with E-state index in [9.17, 15) is 4.79 Å². The van der Waals surface area contributed by atoms with Crippen LogP contribution in [-0.2, 0) is 4.74 Å². The van der Waals surface area contributed by atoms with Crippen LogP contribution in [0, 0.1) is 11.8 Å². The lowest BCUT2D eigenvalue weighted by molar-refractivity contribution is 0.0507. The smallest absolute Gasteiger partial charge is 0.407 e. The minimum absolute atomic E-state index is 0.321. The maximum atomic E-state index is 11.5. The summed E-state index contributed by atoms with van der Waals surface area (Å²) >= 11 is 0. The molecule has 1 fully saturated rings. The molecule has 0 radical (unpaired) electrons. The molecule has 1 aliphatic rings. The number of alkyl carbamates (subject to hydrolysis) is 1. The van der Waals surface area contributed by atoms with Gasteiger partial charge in [-0.1, -0.05) is 12.8 Å². The number of hydrogen-bond acceptors (Lipinski definition) is 3. The number of carbonyl (C=O) groups is 1. The zero-order valence-corrected chi connectivity index (χ0v) is 11.3. The lowest BCUT2D eigenvalue weighted by atomic mass is 9.79. The van der Waals surface area contributed by atoms with Gasteiger partial charge in [0.2, 0.25) is 0 Å². The monoisotopic (exact) mass is 242 g/mol. The third kappa shape index (κ3) is 5.39. The van der Waals surface area contributed by atoms with Crippen molar-refractivity contribution in [2.24, 2.45) is 17.6 Å². The maximum Gasteiger partial charge on any atom is 0.407 e. The van der Waals surface area contributed by atoms with Gasteiger partial charge in [0, 0.05) is 6.54 Å². The van der Waals surface area contributed by atoms with Crippen LogP contribution < -0.4 is 11.1 Å². The second-order valence-corrected chi connectivity index (χ2v) is 5.92. The molecule has 1 saturated carbocycles. The standard InChI is InChI=1S/C13H26N2O2/c1-13(2,3)17-12(16)15-9-11-7-5-4-6-10(11)8-14/h10-11H,4-9,14H2,1-3H3,(H,15,16). The average Bonchev–Trinajstić information content (AvgIpc) is 2.24. The summed E-state index contributed by atoms with van der Waals surface area (Å²) in [6.45, 7) is 7.03. The third-order valence-electron chi connectivity index (χ3n) is 3.28. The van der Waals surface area contributed by atoms with Gasteiger partial charge in [-0.3, -0.25) is 0 Å². The maximum absolute atomic E-state index is 11.5. The predicted molar refractivity (Wildman–Crippen MR) is 68.7 cm³/mol. The van der Waals surface area contributed by atoms with E-state index in [2.05, 4.69) is 5.32 Å². The number of nitrogens with two attached hydrogens (primary N) is 1. The van der Waals surface area contributed by atoms with Gasteiger partial charge in [0.15, 0.2) is 0 Å². The zero-order valence-electron chi connectivity index (χ0n) is 11.3. The van der Waals surface area contributed by atoms with E-state index in [-0.39, 0.29) is 6.09 Å². The molecule has 4 heteroatoms. The Kier molecular flexibility index (Phi) is 5.25. The number of ether oxygens (including phenoxy) is 1. The minimum atomic E-state index is -0.427. The molecule has 0 heterocycles. The van der Waals surface area contributed by atoms with Gasteiger partial charge in [-0.2, -0.15) is 0 Å². The molecule has 2 unspecified atom stereocenters. The van der Waals surface area contributed by atoms with Gasteiger partial charge < -0.3 is 15.8 Å². The summed E-state index contributed by atoms with van der Waals surface area (Å²) in [5.41, 5.74) is 5.33. The van der Waals surface area contributed by atoms with E-state index < -0.39 is 5.60 Å². The van der Waals surface area contributed by atoms with Crippen molar-refractivity contribution in [1.82, 2.24) is 5.32 Å². The Morgan fingerprint density at radius 1 is 1.29 bits per heavy atom. The quantitative estimate of drug-likeness (QED) is 0.798. The third-order valence-corrected chi connectivity index (χ3v) is 3.28. The van der Waals surface area contributed by atoms with Crippen LogP contribution in [-0.4, -0.2) is 24.8 Å². The molecule has 0 aliphatic heterocycles. The molecule has 0 aromatic carbocycles. The van der Waals surface area contributed by atoms with Crippen LogP contribution in [0.4, 0.5) is 4.79 Å². The highest BCUT2D eigenvalue weighted by Crippen LogP contribution is 2.28. The van der Waals surface area contributed by atoms with Crippen LogP contribution in [0.2, 0.25) is 0 Å². The first-order chi connectivity index (χ1) is 7.92. The Morgan fingerprint density at radius 3 is 2.41 bits per heavy atom. The van der Waals surface area contributed by atoms with Gasteiger partial charge >= 0.3 is 6.09 Å². The molecule has 0 aromatic heterocycles. The second kappa shape index (κ2) is 6.24. The van der Waals surface area contributed by atoms with E-state index in [4.69, 9.17) is 10.5 Å². The number of nitrogens with one attached hydrogen (secondary N) is 1. The molecule has 100 valence electrons. The van der Waals surface area contributed by atoms with E-state index in [0.717, 1.165) is 13.0 Å². The number of amides is 1. The van der Waals surface area contributed by atoms with Crippen LogP contribution in [0.25, 0.3) is 0 Å². The van der Waals surface area contributed by atoms with Crippen molar-refractivity contribution in [3.8, 4) is 0 Å². The van der Waals surface area contributed by atoms with E-state index in [0.29, 0.717) is 18.4 Å². The van der Waals surface area contributed by atoms with E-state index in [1.165, 1.54) is 19.3 Å². The molecule has 0 saturated heterocycles. The Labute approximate surface area is 104 Å². The molecule has 4 nitrogen and oxygen atoms in total. The fourth-order valence-corrected chi connectivity index (χ4v) is 2.39. The summed E-state index contributed by atoms with van der Waals surface area (Å²) < 4.78 is 5.22. The van der Waals surface area contributed by atoms with Gasteiger partial charge in [0.25, 0.3) is 0 Å². The summed E-state index contributed by atoms with van der Waals surface area (Å²) in [5, 5.41) is 2.86. The molecule has 1 amide bonds. The SMILES string of the molecule is CC(C)(C)OC(=O)NCC1CCCCC1CN. The molecule has 2 atom stereocenters. The molecule has 1 aliphatic carbocycles. The first-order valence-corrected chi connectivity index (χ1v) is 6.59. The second-order valence-electron chi connectivity index (χ2n) is 5.92. The van der Waals surface area contributed by atoms with Gasteiger partial charge in [-0.15, -0.1) is 0 Å². The van der Waals surface area contributed by atoms with Crippen LogP contribution in [0.3, 0.4) is 0 Å². The minimum Gasteiger partial charge on any atom is -0.444 e. The van der Waals surface area contributed by atoms with Crippen LogP contribution in [0.1, 0.15) is 46.5 Å². The molecule has 1 rings (SSSR count). The van der Waals surface area contributed by atoms with Gasteiger partial charge in [0.1, 0.15) is 5.60 Å². The molecule has 0 aromatic rings. The predicted octanol–water partition coefficient (Wildman–Crippen LogP) is 2.28. The van der Waals surface area contributed by atoms with Crippen LogP contribution >= 0.6 is 0 Å². The lowest BCUT2D eigenvalue weighted by Crippen LogP contribution is -2.39. The van der Waals surface area contributed by atoms with Crippen molar-refractivity contribution < 1.29 is 9.53 Å². The van der Waals surface area contributed by atoms with Crippen molar-refractivity contribution in [2.45, 2.75) is 52.1 Å². The summed E-state index contributed by atoms with van der Waals surface area (Å²) in [6.07, 6.45) is 4.55. The van der Waals surface area contributed by atoms with Crippen LogP contribution in [0.15, 0.2) is 0 Å². The lowest BCUT2D eigenvalue weighted by Gasteiger charge is -2.31. The first kappa shape index (κ1) is 14.3. The Morgan fingerprint density at radius 2 is 1.88 bits per heavy atom. The number of carbonyl (C=O) groups excluding carboxylic acids is 1. The molecule has 0 spiro atoms. The number of rotatable bonds is 3. The van der Waals surface area contributed by atoms with E-state index >= 15 is 0 Å². The van der Waals surface area contributed by atoms with Gasteiger partial charge in [-0.05, 0) is 52.0 Å². The Balaban J connectivity index is 2.31. The molecule has 17 heavy (non-hydrogen) atoms. The highest BCUT2D eigenvalue weighted by molar-refractivity contribution is 5.67. The van der Waals surface area contributed by atoms with Crippen molar-refractivity contribution in [3.05, 3.63) is 0 Å². The summed E-state index contributed by atoms with van der Waals surface area (Å²) in [6, 6.07) is 0. The summed E-state index contributed by atoms with van der Waals surface area (Å²) in [5.74, 6) is 1.07. The van der Waals surface area contributed by atoms with E-state index in [1.54, 1.807) is 0 Å². The summed E-state index contributed by atoms with van der Waals surface area (Å²) in [4.78, 5) is 11.5. The van der Waals surface area contributed by atoms with Crippen LogP contribution in [0.5, 0.6) is 0 Å². The van der Waals surface area contributed by atoms with Crippen molar-refractivity contribution in [1.29, 1.82) is 0 Å². The fraction of sp³-hybridized carbons (Fsp3) is 0.923. The van der Waals surface area contributed by atoms with Crippen molar-refractivity contribution >= 4 is 6.09 Å². The molecular weight excluding hydrogens is 216 g/mol. The zero-order chi connectivity index (χ0) is 12.9. The molecule has 0 bridgehead atoms. The highest BCUT2D eigenvalue weighted by atomic mass is 16.6. The van der Waals surface area contributed by atoms with Gasteiger partial charge in [-0.25, -0.2) is 4.79 Å². The fourth-order valence-electron chi connectivity index (χ4n) is 2.39. The Hall–Kier alpha value is -0.770. The number of hydrogen-bond donors (Lipinski definition) is 2. The highest BCUT2D eigenvalue weighted by Gasteiger charge is 2.25. The average molecular weight is 242 g/mol. The first-order valence-electron chi connectivity index (χ1n) is 6.59. The molecule has 3 N–H and O–H groups in total. The summed E-state index contributed by atoms with van der Waals surface area (Å²) in [7, 11) is 0. The van der Waals surface area contributed by atoms with Crippen molar-refractivity contribution in [3.63, 3.8) is 0 Å². The topological polar surface area (TPSA) is 64.3 Å². The van der Waals surface area contributed by atoms with Gasteiger partial charge in [0.05, 0.1) is 0 Å². The molecular formula is C13H26N2O2. The Bertz CT molecular complexity index is 248.